The summed E-state index contributed by atoms with van der Waals surface area (Å²) in [4.78, 5) is 13.3. The Kier molecular flexibility index (Phi) is 4.83. The van der Waals surface area contributed by atoms with E-state index < -0.39 is 0 Å². The average Bonchev–Trinajstić information content (AvgIpc) is 3.12. The number of rotatable bonds is 5. The molecule has 0 spiro atoms. The minimum absolute atomic E-state index is 0.0213. The van der Waals surface area contributed by atoms with E-state index in [9.17, 15) is 4.79 Å². The lowest BCUT2D eigenvalue weighted by Gasteiger charge is -2.26. The van der Waals surface area contributed by atoms with Crippen molar-refractivity contribution in [1.82, 2.24) is 5.32 Å². The van der Waals surface area contributed by atoms with Crippen LogP contribution in [-0.4, -0.2) is 30.9 Å². The molecule has 2 aromatic carbocycles. The fourth-order valence-electron chi connectivity index (χ4n) is 3.23. The average molecular weight is 355 g/mol. The number of fused-ring (bicyclic) bond motifs is 2. The maximum Gasteiger partial charge on any atom is 0.230 e. The number of benzene rings is 2. The summed E-state index contributed by atoms with van der Waals surface area (Å²) in [6, 6.07) is 14.2. The van der Waals surface area contributed by atoms with Crippen molar-refractivity contribution in [3.63, 3.8) is 0 Å². The van der Waals surface area contributed by atoms with Crippen LogP contribution in [0.3, 0.4) is 0 Å². The lowest BCUT2D eigenvalue weighted by Crippen LogP contribution is -2.41. The van der Waals surface area contributed by atoms with E-state index in [1.54, 1.807) is 11.8 Å². The quantitative estimate of drug-likeness (QED) is 0.837. The second kappa shape index (κ2) is 7.40. The number of nitrogens with one attached hydrogen (secondary N) is 1. The smallest absolute Gasteiger partial charge is 0.230 e. The van der Waals surface area contributed by atoms with Crippen LogP contribution in [-0.2, 0) is 17.6 Å². The van der Waals surface area contributed by atoms with Gasteiger partial charge >= 0.3 is 0 Å². The number of carbonyl (C=O) groups excluding carboxylic acids is 1. The third kappa shape index (κ3) is 3.93. The molecule has 4 rings (SSSR count). The fourth-order valence-corrected chi connectivity index (χ4v) is 4.02. The van der Waals surface area contributed by atoms with Crippen LogP contribution < -0.4 is 14.8 Å². The molecule has 1 atom stereocenters. The van der Waals surface area contributed by atoms with Crippen molar-refractivity contribution >= 4 is 17.7 Å². The second-order valence-electron chi connectivity index (χ2n) is 6.37. The molecule has 2 aliphatic rings. The second-order valence-corrected chi connectivity index (χ2v) is 7.42. The van der Waals surface area contributed by atoms with E-state index in [1.807, 2.05) is 24.3 Å². The highest BCUT2D eigenvalue weighted by Gasteiger charge is 2.21. The molecule has 130 valence electrons. The summed E-state index contributed by atoms with van der Waals surface area (Å²) in [6.45, 7) is 0.910. The number of hydrogen-bond donors (Lipinski definition) is 1. The van der Waals surface area contributed by atoms with Gasteiger partial charge in [0.2, 0.25) is 5.91 Å². The third-order valence-corrected chi connectivity index (χ3v) is 5.53. The van der Waals surface area contributed by atoms with Crippen molar-refractivity contribution in [3.05, 3.63) is 53.6 Å². The molecular weight excluding hydrogens is 334 g/mol. The van der Waals surface area contributed by atoms with Crippen LogP contribution in [0.15, 0.2) is 47.4 Å². The van der Waals surface area contributed by atoms with E-state index in [4.69, 9.17) is 9.47 Å². The van der Waals surface area contributed by atoms with Crippen LogP contribution in [0.4, 0.5) is 0 Å². The Bertz CT molecular complexity index is 777. The highest BCUT2D eigenvalue weighted by Crippen LogP contribution is 2.31. The zero-order chi connectivity index (χ0) is 17.1. The van der Waals surface area contributed by atoms with Crippen LogP contribution in [0, 0.1) is 0 Å². The first kappa shape index (κ1) is 16.3. The molecule has 1 N–H and O–H groups in total. The summed E-state index contributed by atoms with van der Waals surface area (Å²) < 4.78 is 11.5. The van der Waals surface area contributed by atoms with Gasteiger partial charge in [-0.2, -0.15) is 0 Å². The van der Waals surface area contributed by atoms with Gasteiger partial charge in [-0.3, -0.25) is 4.79 Å². The van der Waals surface area contributed by atoms with Crippen molar-refractivity contribution in [3.8, 4) is 11.5 Å². The number of para-hydroxylation sites is 2. The van der Waals surface area contributed by atoms with Crippen LogP contribution in [0.1, 0.15) is 17.5 Å². The Balaban J connectivity index is 1.23. The topological polar surface area (TPSA) is 47.6 Å². The Morgan fingerprint density at radius 1 is 1.12 bits per heavy atom. The van der Waals surface area contributed by atoms with Crippen molar-refractivity contribution in [2.24, 2.45) is 0 Å². The van der Waals surface area contributed by atoms with Gasteiger partial charge in [-0.1, -0.05) is 18.2 Å². The van der Waals surface area contributed by atoms with E-state index in [2.05, 4.69) is 23.5 Å². The van der Waals surface area contributed by atoms with Gasteiger partial charge in [0.25, 0.3) is 0 Å². The molecule has 0 fully saturated rings. The van der Waals surface area contributed by atoms with Gasteiger partial charge in [0, 0.05) is 4.90 Å². The summed E-state index contributed by atoms with van der Waals surface area (Å²) in [5.41, 5.74) is 2.90. The van der Waals surface area contributed by atoms with Gasteiger partial charge in [-0.05, 0) is 54.7 Å². The Hall–Kier alpha value is -2.14. The monoisotopic (exact) mass is 355 g/mol. The summed E-state index contributed by atoms with van der Waals surface area (Å²) in [5, 5.41) is 2.94. The molecule has 0 aromatic heterocycles. The molecule has 4 nitrogen and oxygen atoms in total. The first-order valence-electron chi connectivity index (χ1n) is 8.68. The van der Waals surface area contributed by atoms with Gasteiger partial charge in [-0.15, -0.1) is 11.8 Å². The molecule has 1 aliphatic heterocycles. The van der Waals surface area contributed by atoms with E-state index in [0.29, 0.717) is 18.9 Å². The van der Waals surface area contributed by atoms with Crippen molar-refractivity contribution in [2.75, 3.05) is 18.9 Å². The molecule has 0 bridgehead atoms. The molecule has 1 amide bonds. The summed E-state index contributed by atoms with van der Waals surface area (Å²) in [7, 11) is 0. The zero-order valence-corrected chi connectivity index (χ0v) is 14.8. The number of carbonyl (C=O) groups is 1. The molecule has 0 radical (unpaired) electrons. The third-order valence-electron chi connectivity index (χ3n) is 4.53. The maximum absolute atomic E-state index is 12.1. The maximum atomic E-state index is 12.1. The predicted octanol–water partition coefficient (Wildman–Crippen LogP) is 3.22. The molecule has 2 aromatic rings. The van der Waals surface area contributed by atoms with E-state index in [0.717, 1.165) is 17.9 Å². The van der Waals surface area contributed by atoms with Gasteiger partial charge in [0.05, 0.1) is 12.3 Å². The standard InChI is InChI=1S/C20H21NO3S/c22-20(13-25-17-9-8-14-4-3-5-15(14)10-17)21-11-16-12-23-18-6-1-2-7-19(18)24-16/h1-2,6-10,16H,3-5,11-13H2,(H,21,22)/t16-/m1/s1. The minimum atomic E-state index is -0.149. The van der Waals surface area contributed by atoms with Crippen LogP contribution in [0.5, 0.6) is 11.5 Å². The van der Waals surface area contributed by atoms with Crippen molar-refractivity contribution in [2.45, 2.75) is 30.3 Å². The van der Waals surface area contributed by atoms with Crippen molar-refractivity contribution in [1.29, 1.82) is 0 Å². The Morgan fingerprint density at radius 3 is 2.88 bits per heavy atom. The van der Waals surface area contributed by atoms with E-state index in [-0.39, 0.29) is 12.0 Å². The van der Waals surface area contributed by atoms with Crippen molar-refractivity contribution < 1.29 is 14.3 Å². The number of hydrogen-bond acceptors (Lipinski definition) is 4. The molecule has 0 saturated heterocycles. The molecule has 0 saturated carbocycles. The lowest BCUT2D eigenvalue weighted by molar-refractivity contribution is -0.119. The summed E-state index contributed by atoms with van der Waals surface area (Å²) in [6.07, 6.45) is 3.45. The van der Waals surface area contributed by atoms with E-state index in [1.165, 1.54) is 28.9 Å². The summed E-state index contributed by atoms with van der Waals surface area (Å²) in [5.74, 6) is 1.94. The number of thioether (sulfide) groups is 1. The first-order chi connectivity index (χ1) is 12.3. The Labute approximate surface area is 151 Å². The molecule has 1 aliphatic carbocycles. The number of amides is 1. The normalized spacial score (nSPS) is 17.8. The van der Waals surface area contributed by atoms with Gasteiger partial charge in [-0.25, -0.2) is 0 Å². The first-order valence-corrected chi connectivity index (χ1v) is 9.66. The number of ether oxygens (including phenoxy) is 2. The zero-order valence-electron chi connectivity index (χ0n) is 14.0. The van der Waals surface area contributed by atoms with Crippen LogP contribution >= 0.6 is 11.8 Å². The Morgan fingerprint density at radius 2 is 1.96 bits per heavy atom. The molecule has 0 unspecified atom stereocenters. The molecule has 5 heteroatoms. The number of aryl methyl sites for hydroxylation is 2. The fraction of sp³-hybridized carbons (Fsp3) is 0.350. The van der Waals surface area contributed by atoms with Gasteiger partial charge < -0.3 is 14.8 Å². The lowest BCUT2D eigenvalue weighted by atomic mass is 10.1. The van der Waals surface area contributed by atoms with Gasteiger partial charge in [0.1, 0.15) is 12.7 Å². The molecule has 1 heterocycles. The van der Waals surface area contributed by atoms with Gasteiger partial charge in [0.15, 0.2) is 11.5 Å². The predicted molar refractivity (Wildman–Crippen MR) is 98.6 cm³/mol. The summed E-state index contributed by atoms with van der Waals surface area (Å²) >= 11 is 1.59. The van der Waals surface area contributed by atoms with Crippen LogP contribution in [0.25, 0.3) is 0 Å². The molecule has 25 heavy (non-hydrogen) atoms. The minimum Gasteiger partial charge on any atom is -0.486 e. The molecular formula is C20H21NO3S. The highest BCUT2D eigenvalue weighted by atomic mass is 32.2. The highest BCUT2D eigenvalue weighted by molar-refractivity contribution is 8.00. The largest absolute Gasteiger partial charge is 0.486 e. The SMILES string of the molecule is O=C(CSc1ccc2c(c1)CCC2)NC[C@@H]1COc2ccccc2O1. The van der Waals surface area contributed by atoms with E-state index >= 15 is 0 Å². The van der Waals surface area contributed by atoms with Crippen LogP contribution in [0.2, 0.25) is 0 Å².